The number of nitro groups is 1. The van der Waals surface area contributed by atoms with Crippen LogP contribution in [0.5, 0.6) is 0 Å². The summed E-state index contributed by atoms with van der Waals surface area (Å²) >= 11 is 1.44. The number of nitro benzene ring substituents is 1. The Bertz CT molecular complexity index is 939. The van der Waals surface area contributed by atoms with Gasteiger partial charge >= 0.3 is 0 Å². The average Bonchev–Trinajstić information content (AvgIpc) is 3.03. The van der Waals surface area contributed by atoms with Crippen LogP contribution < -0.4 is 0 Å². The molecular weight excluding hydrogens is 352 g/mol. The molecule has 0 radical (unpaired) electrons. The van der Waals surface area contributed by atoms with Gasteiger partial charge in [-0.25, -0.2) is 9.97 Å². The highest BCUT2D eigenvalue weighted by molar-refractivity contribution is 7.99. The zero-order valence-corrected chi connectivity index (χ0v) is 15.5. The predicted octanol–water partition coefficient (Wildman–Crippen LogP) is 3.69. The standard InChI is InChI=1S/C17H18N6O2S/c1-4-13-10-15(19-11(3)18-13)26-17-21-20-16(22(17)5-2)12-6-8-14(9-7-12)23(24)25/h6-10H,4-5H2,1-3H3. The van der Waals surface area contributed by atoms with Crippen molar-refractivity contribution in [3.8, 4) is 11.4 Å². The van der Waals surface area contributed by atoms with E-state index in [1.165, 1.54) is 23.9 Å². The van der Waals surface area contributed by atoms with E-state index in [-0.39, 0.29) is 5.69 Å². The maximum Gasteiger partial charge on any atom is 0.269 e. The summed E-state index contributed by atoms with van der Waals surface area (Å²) in [6.45, 7) is 6.60. The van der Waals surface area contributed by atoms with E-state index in [9.17, 15) is 10.1 Å². The fraction of sp³-hybridized carbons (Fsp3) is 0.294. The Balaban J connectivity index is 1.93. The second kappa shape index (κ2) is 7.61. The molecule has 3 aromatic rings. The quantitative estimate of drug-likeness (QED) is 0.370. The minimum Gasteiger partial charge on any atom is -0.302 e. The van der Waals surface area contributed by atoms with E-state index in [2.05, 4.69) is 27.1 Å². The highest BCUT2D eigenvalue weighted by atomic mass is 32.2. The van der Waals surface area contributed by atoms with Gasteiger partial charge in [0.05, 0.1) is 4.92 Å². The number of aryl methyl sites for hydroxylation is 2. The van der Waals surface area contributed by atoms with Crippen molar-refractivity contribution in [3.05, 3.63) is 52.0 Å². The molecule has 0 spiro atoms. The molecule has 0 saturated carbocycles. The lowest BCUT2D eigenvalue weighted by atomic mass is 10.2. The predicted molar refractivity (Wildman–Crippen MR) is 98.1 cm³/mol. The average molecular weight is 370 g/mol. The number of non-ortho nitro benzene ring substituents is 1. The lowest BCUT2D eigenvalue weighted by Crippen LogP contribution is -2.01. The van der Waals surface area contributed by atoms with Crippen molar-refractivity contribution in [3.63, 3.8) is 0 Å². The van der Waals surface area contributed by atoms with E-state index in [0.717, 1.165) is 33.7 Å². The van der Waals surface area contributed by atoms with Crippen LogP contribution in [0.4, 0.5) is 5.69 Å². The summed E-state index contributed by atoms with van der Waals surface area (Å²) < 4.78 is 1.97. The molecule has 2 aromatic heterocycles. The molecule has 3 rings (SSSR count). The maximum absolute atomic E-state index is 10.8. The van der Waals surface area contributed by atoms with Gasteiger partial charge in [0.25, 0.3) is 5.69 Å². The lowest BCUT2D eigenvalue weighted by molar-refractivity contribution is -0.384. The molecule has 26 heavy (non-hydrogen) atoms. The van der Waals surface area contributed by atoms with Crippen LogP contribution in [0, 0.1) is 17.0 Å². The Kier molecular flexibility index (Phi) is 5.27. The first-order valence-corrected chi connectivity index (χ1v) is 9.04. The van der Waals surface area contributed by atoms with Crippen molar-refractivity contribution >= 4 is 17.4 Å². The Morgan fingerprint density at radius 3 is 2.50 bits per heavy atom. The smallest absolute Gasteiger partial charge is 0.269 e. The molecule has 1 aromatic carbocycles. The van der Waals surface area contributed by atoms with E-state index in [1.807, 2.05) is 24.5 Å². The molecule has 0 N–H and O–H groups in total. The van der Waals surface area contributed by atoms with Gasteiger partial charge in [-0.15, -0.1) is 10.2 Å². The molecule has 134 valence electrons. The zero-order valence-electron chi connectivity index (χ0n) is 14.7. The molecule has 2 heterocycles. The number of hydrogen-bond acceptors (Lipinski definition) is 7. The third kappa shape index (κ3) is 3.72. The minimum atomic E-state index is -0.418. The van der Waals surface area contributed by atoms with Crippen molar-refractivity contribution < 1.29 is 4.92 Å². The molecular formula is C17H18N6O2S. The van der Waals surface area contributed by atoms with Gasteiger partial charge in [0, 0.05) is 29.9 Å². The van der Waals surface area contributed by atoms with Crippen LogP contribution in [0.25, 0.3) is 11.4 Å². The highest BCUT2D eigenvalue weighted by Crippen LogP contribution is 2.29. The highest BCUT2D eigenvalue weighted by Gasteiger charge is 2.16. The minimum absolute atomic E-state index is 0.0504. The second-order valence-electron chi connectivity index (χ2n) is 5.55. The van der Waals surface area contributed by atoms with Gasteiger partial charge in [-0.1, -0.05) is 6.92 Å². The lowest BCUT2D eigenvalue weighted by Gasteiger charge is -2.08. The van der Waals surface area contributed by atoms with Crippen LogP contribution in [0.15, 0.2) is 40.5 Å². The summed E-state index contributed by atoms with van der Waals surface area (Å²) in [6.07, 6.45) is 0.839. The maximum atomic E-state index is 10.8. The summed E-state index contributed by atoms with van der Waals surface area (Å²) in [6, 6.07) is 8.27. The van der Waals surface area contributed by atoms with Crippen LogP contribution in [-0.4, -0.2) is 29.7 Å². The first kappa shape index (κ1) is 18.0. The molecule has 0 aliphatic carbocycles. The van der Waals surface area contributed by atoms with Crippen LogP contribution in [0.1, 0.15) is 25.4 Å². The second-order valence-corrected chi connectivity index (χ2v) is 6.54. The molecule has 0 atom stereocenters. The van der Waals surface area contributed by atoms with Crippen LogP contribution in [-0.2, 0) is 13.0 Å². The molecule has 0 bridgehead atoms. The third-order valence-corrected chi connectivity index (χ3v) is 4.70. The number of benzene rings is 1. The van der Waals surface area contributed by atoms with E-state index < -0.39 is 4.92 Å². The van der Waals surface area contributed by atoms with Gasteiger partial charge in [0.2, 0.25) is 0 Å². The molecule has 8 nitrogen and oxygen atoms in total. The van der Waals surface area contributed by atoms with E-state index >= 15 is 0 Å². The Labute approximate surface area is 154 Å². The van der Waals surface area contributed by atoms with Crippen molar-refractivity contribution in [2.45, 2.75) is 43.9 Å². The molecule has 0 aliphatic rings. The molecule has 0 unspecified atom stereocenters. The van der Waals surface area contributed by atoms with Crippen molar-refractivity contribution in [1.29, 1.82) is 0 Å². The summed E-state index contributed by atoms with van der Waals surface area (Å²) in [7, 11) is 0. The first-order chi connectivity index (χ1) is 12.5. The molecule has 0 fully saturated rings. The van der Waals surface area contributed by atoms with Crippen molar-refractivity contribution in [2.24, 2.45) is 0 Å². The summed E-state index contributed by atoms with van der Waals surface area (Å²) in [5.74, 6) is 1.40. The molecule has 0 aliphatic heterocycles. The monoisotopic (exact) mass is 370 g/mol. The fourth-order valence-corrected chi connectivity index (χ4v) is 3.49. The van der Waals surface area contributed by atoms with Gasteiger partial charge in [-0.3, -0.25) is 10.1 Å². The van der Waals surface area contributed by atoms with E-state index in [0.29, 0.717) is 12.4 Å². The Morgan fingerprint density at radius 1 is 1.15 bits per heavy atom. The molecule has 0 saturated heterocycles. The van der Waals surface area contributed by atoms with Crippen molar-refractivity contribution in [1.82, 2.24) is 24.7 Å². The van der Waals surface area contributed by atoms with Gasteiger partial charge in [0.1, 0.15) is 10.9 Å². The summed E-state index contributed by atoms with van der Waals surface area (Å²) in [5, 5.41) is 20.9. The topological polar surface area (TPSA) is 99.6 Å². The summed E-state index contributed by atoms with van der Waals surface area (Å²) in [4.78, 5) is 19.2. The molecule has 0 amide bonds. The van der Waals surface area contributed by atoms with E-state index in [4.69, 9.17) is 0 Å². The van der Waals surface area contributed by atoms with Crippen molar-refractivity contribution in [2.75, 3.05) is 0 Å². The SMILES string of the molecule is CCc1cc(Sc2nnc(-c3ccc([N+](=O)[O-])cc3)n2CC)nc(C)n1. The zero-order chi connectivity index (χ0) is 18.7. The van der Waals surface area contributed by atoms with Gasteiger partial charge < -0.3 is 4.57 Å². The number of hydrogen-bond donors (Lipinski definition) is 0. The Hall–Kier alpha value is -2.81. The third-order valence-electron chi connectivity index (χ3n) is 3.79. The molecule has 9 heteroatoms. The van der Waals surface area contributed by atoms with Crippen LogP contribution in [0.3, 0.4) is 0 Å². The Morgan fingerprint density at radius 2 is 1.88 bits per heavy atom. The van der Waals surface area contributed by atoms with Gasteiger partial charge in [0.15, 0.2) is 11.0 Å². The van der Waals surface area contributed by atoms with Crippen LogP contribution >= 0.6 is 11.8 Å². The first-order valence-electron chi connectivity index (χ1n) is 8.22. The fourth-order valence-electron chi connectivity index (χ4n) is 2.52. The largest absolute Gasteiger partial charge is 0.302 e. The van der Waals surface area contributed by atoms with Gasteiger partial charge in [-0.05, 0) is 50.2 Å². The van der Waals surface area contributed by atoms with Crippen LogP contribution in [0.2, 0.25) is 0 Å². The van der Waals surface area contributed by atoms with E-state index in [1.54, 1.807) is 12.1 Å². The number of rotatable bonds is 6. The number of nitrogens with zero attached hydrogens (tertiary/aromatic N) is 6. The van der Waals surface area contributed by atoms with Gasteiger partial charge in [-0.2, -0.15) is 0 Å². The normalized spacial score (nSPS) is 10.9. The summed E-state index contributed by atoms with van der Waals surface area (Å²) in [5.41, 5.74) is 1.82. The number of aromatic nitrogens is 5.